The summed E-state index contributed by atoms with van der Waals surface area (Å²) in [6, 6.07) is 7.53. The summed E-state index contributed by atoms with van der Waals surface area (Å²) in [6.07, 6.45) is 0.902. The van der Waals surface area contributed by atoms with Crippen LogP contribution in [0.15, 0.2) is 68.0 Å². The van der Waals surface area contributed by atoms with Gasteiger partial charge in [0.15, 0.2) is 0 Å². The first-order valence-electron chi connectivity index (χ1n) is 8.52. The average Bonchev–Trinajstić information content (AvgIpc) is 2.98. The minimum Gasteiger partial charge on any atom is -0.545 e. The number of aromatic amines is 2. The van der Waals surface area contributed by atoms with Gasteiger partial charge in [0.25, 0.3) is 17.4 Å². The van der Waals surface area contributed by atoms with Crippen LogP contribution in [0.1, 0.15) is 31.1 Å². The number of nitrogens with one attached hydrogen (secondary N) is 2. The molecule has 31 heavy (non-hydrogen) atoms. The number of benzene rings is 2. The fourth-order valence-corrected chi connectivity index (χ4v) is 4.37. The van der Waals surface area contributed by atoms with E-state index in [2.05, 4.69) is 4.98 Å². The molecule has 0 spiro atoms. The number of carbonyl (C=O) groups excluding carboxylic acids is 3. The van der Waals surface area contributed by atoms with Crippen LogP contribution in [0.5, 0.6) is 0 Å². The molecule has 12 heteroatoms. The Morgan fingerprint density at radius 2 is 1.48 bits per heavy atom. The topological polar surface area (TPSA) is 177 Å². The van der Waals surface area contributed by atoms with E-state index in [1.54, 1.807) is 0 Å². The number of carbonyl (C=O) groups is 3. The molecule has 0 unspecified atom stereocenters. The van der Waals surface area contributed by atoms with E-state index >= 15 is 0 Å². The van der Waals surface area contributed by atoms with Gasteiger partial charge in [0.2, 0.25) is 9.84 Å². The Bertz CT molecular complexity index is 1500. The predicted molar refractivity (Wildman–Crippen MR) is 101 cm³/mol. The van der Waals surface area contributed by atoms with E-state index in [-0.39, 0.29) is 26.5 Å². The van der Waals surface area contributed by atoms with Gasteiger partial charge in [-0.15, -0.1) is 0 Å². The van der Waals surface area contributed by atoms with Crippen LogP contribution in [0.3, 0.4) is 0 Å². The SMILES string of the molecule is O=C([O-])c1ccc(S(=O)(=O)c2ccc3c(c2)C(=O)N(c2c[nH]c(=O)[nH]c2=O)C3=O)cc1. The van der Waals surface area contributed by atoms with E-state index in [0.29, 0.717) is 4.90 Å². The molecule has 0 saturated heterocycles. The van der Waals surface area contributed by atoms with Crippen LogP contribution in [0.4, 0.5) is 5.69 Å². The summed E-state index contributed by atoms with van der Waals surface area (Å²) in [6.45, 7) is 0. The minimum atomic E-state index is -4.15. The zero-order valence-corrected chi connectivity index (χ0v) is 16.1. The van der Waals surface area contributed by atoms with Crippen LogP contribution < -0.4 is 21.3 Å². The third-order valence-electron chi connectivity index (χ3n) is 4.61. The number of H-pyrrole nitrogens is 2. The van der Waals surface area contributed by atoms with Crippen LogP contribution in [-0.2, 0) is 9.84 Å². The summed E-state index contributed by atoms with van der Waals surface area (Å²) in [4.78, 5) is 63.5. The van der Waals surface area contributed by atoms with Gasteiger partial charge in [-0.1, -0.05) is 12.1 Å². The molecule has 0 aliphatic carbocycles. The third kappa shape index (κ3) is 3.14. The fraction of sp³-hybridized carbons (Fsp3) is 0. The number of aromatic nitrogens is 2. The van der Waals surface area contributed by atoms with Crippen molar-refractivity contribution < 1.29 is 27.9 Å². The number of rotatable bonds is 4. The molecule has 156 valence electrons. The lowest BCUT2D eigenvalue weighted by Gasteiger charge is -2.11. The monoisotopic (exact) mass is 440 g/mol. The molecule has 1 aliphatic heterocycles. The summed E-state index contributed by atoms with van der Waals surface area (Å²) in [5, 5.41) is 10.8. The number of imide groups is 1. The van der Waals surface area contributed by atoms with E-state index in [1.165, 1.54) is 0 Å². The van der Waals surface area contributed by atoms with E-state index in [9.17, 15) is 37.5 Å². The Hall–Kier alpha value is -4.32. The van der Waals surface area contributed by atoms with Gasteiger partial charge < -0.3 is 14.9 Å². The molecule has 11 nitrogen and oxygen atoms in total. The van der Waals surface area contributed by atoms with Gasteiger partial charge in [0.05, 0.1) is 26.9 Å². The average molecular weight is 440 g/mol. The number of anilines is 1. The van der Waals surface area contributed by atoms with Crippen molar-refractivity contribution in [2.45, 2.75) is 9.79 Å². The molecule has 2 aromatic carbocycles. The zero-order valence-electron chi connectivity index (χ0n) is 15.2. The molecule has 1 aliphatic rings. The molecule has 1 aromatic heterocycles. The summed E-state index contributed by atoms with van der Waals surface area (Å²) in [7, 11) is -4.15. The molecular formula is C19H10N3O8S-. The minimum absolute atomic E-state index is 0.123. The summed E-state index contributed by atoms with van der Waals surface area (Å²) < 4.78 is 25.8. The van der Waals surface area contributed by atoms with Crippen molar-refractivity contribution in [1.82, 2.24) is 9.97 Å². The zero-order chi connectivity index (χ0) is 22.5. The van der Waals surface area contributed by atoms with E-state index in [1.807, 2.05) is 4.98 Å². The van der Waals surface area contributed by atoms with Crippen LogP contribution in [0.25, 0.3) is 0 Å². The second-order valence-electron chi connectivity index (χ2n) is 6.43. The van der Waals surface area contributed by atoms with Crippen molar-refractivity contribution >= 4 is 33.3 Å². The lowest BCUT2D eigenvalue weighted by molar-refractivity contribution is -0.255. The van der Waals surface area contributed by atoms with Crippen molar-refractivity contribution in [2.24, 2.45) is 0 Å². The number of hydrogen-bond acceptors (Lipinski definition) is 8. The Labute approximate surface area is 172 Å². The number of carboxylic acids is 1. The highest BCUT2D eigenvalue weighted by Crippen LogP contribution is 2.30. The second kappa shape index (κ2) is 6.88. The standard InChI is InChI=1S/C19H11N3O8S/c23-15-14(8-20-19(28)21-15)22-16(24)12-6-5-11(7-13(12)17(22)25)31(29,30)10-3-1-9(2-4-10)18(26)27/h1-8H,(H,26,27)(H2,20,21,23,28)/p-1. The number of amides is 2. The van der Waals surface area contributed by atoms with Crippen LogP contribution in [0, 0.1) is 0 Å². The normalized spacial score (nSPS) is 13.4. The van der Waals surface area contributed by atoms with E-state index < -0.39 is 44.6 Å². The maximum absolute atomic E-state index is 12.9. The van der Waals surface area contributed by atoms with E-state index in [4.69, 9.17) is 0 Å². The van der Waals surface area contributed by atoms with Gasteiger partial charge in [0, 0.05) is 6.20 Å². The molecule has 0 bridgehead atoms. The summed E-state index contributed by atoms with van der Waals surface area (Å²) in [5.41, 5.74) is -2.81. The Balaban J connectivity index is 1.77. The first-order chi connectivity index (χ1) is 14.6. The maximum Gasteiger partial charge on any atom is 0.325 e. The van der Waals surface area contributed by atoms with Crippen LogP contribution in [0.2, 0.25) is 0 Å². The third-order valence-corrected chi connectivity index (χ3v) is 6.38. The Kier molecular flexibility index (Phi) is 4.43. The molecule has 2 heterocycles. The molecule has 2 amide bonds. The Morgan fingerprint density at radius 3 is 2.10 bits per heavy atom. The molecule has 0 fully saturated rings. The molecule has 3 aromatic rings. The molecule has 0 atom stereocenters. The quantitative estimate of drug-likeness (QED) is 0.488. The summed E-state index contributed by atoms with van der Waals surface area (Å²) >= 11 is 0. The first-order valence-corrected chi connectivity index (χ1v) is 10.0. The summed E-state index contributed by atoms with van der Waals surface area (Å²) in [5.74, 6) is -3.27. The number of aromatic carboxylic acids is 1. The van der Waals surface area contributed by atoms with Gasteiger partial charge >= 0.3 is 5.69 Å². The fourth-order valence-electron chi connectivity index (χ4n) is 3.08. The van der Waals surface area contributed by atoms with E-state index in [0.717, 1.165) is 48.7 Å². The van der Waals surface area contributed by atoms with Gasteiger partial charge in [-0.05, 0) is 35.9 Å². The van der Waals surface area contributed by atoms with Gasteiger partial charge in [0.1, 0.15) is 5.69 Å². The largest absolute Gasteiger partial charge is 0.545 e. The molecule has 0 saturated carbocycles. The number of fused-ring (bicyclic) bond motifs is 1. The van der Waals surface area contributed by atoms with Crippen molar-refractivity contribution in [3.05, 3.63) is 86.2 Å². The smallest absolute Gasteiger partial charge is 0.325 e. The molecule has 4 rings (SSSR count). The van der Waals surface area contributed by atoms with Gasteiger partial charge in [-0.3, -0.25) is 19.4 Å². The van der Waals surface area contributed by atoms with Gasteiger partial charge in [-0.2, -0.15) is 0 Å². The van der Waals surface area contributed by atoms with Crippen molar-refractivity contribution in [3.63, 3.8) is 0 Å². The van der Waals surface area contributed by atoms with Crippen molar-refractivity contribution in [3.8, 4) is 0 Å². The Morgan fingerprint density at radius 1 is 0.871 bits per heavy atom. The second-order valence-corrected chi connectivity index (χ2v) is 8.38. The predicted octanol–water partition coefficient (Wildman–Crippen LogP) is -0.940. The highest BCUT2D eigenvalue weighted by molar-refractivity contribution is 7.91. The molecule has 2 N–H and O–H groups in total. The first kappa shape index (κ1) is 20.0. The molecule has 0 radical (unpaired) electrons. The number of carboxylic acid groups (broad SMARTS) is 1. The number of nitrogens with zero attached hydrogens (tertiary/aromatic N) is 1. The maximum atomic E-state index is 12.9. The lowest BCUT2D eigenvalue weighted by atomic mass is 10.1. The van der Waals surface area contributed by atoms with Crippen LogP contribution in [-0.4, -0.2) is 36.2 Å². The van der Waals surface area contributed by atoms with Crippen LogP contribution >= 0.6 is 0 Å². The van der Waals surface area contributed by atoms with Crippen molar-refractivity contribution in [1.29, 1.82) is 0 Å². The lowest BCUT2D eigenvalue weighted by Crippen LogP contribution is -2.36. The van der Waals surface area contributed by atoms with Gasteiger partial charge in [-0.25, -0.2) is 18.1 Å². The number of hydrogen-bond donors (Lipinski definition) is 2. The highest BCUT2D eigenvalue weighted by atomic mass is 32.2. The number of sulfone groups is 1. The highest BCUT2D eigenvalue weighted by Gasteiger charge is 2.39. The molecular weight excluding hydrogens is 430 g/mol. The van der Waals surface area contributed by atoms with Crippen molar-refractivity contribution in [2.75, 3.05) is 4.90 Å².